The van der Waals surface area contributed by atoms with E-state index in [4.69, 9.17) is 14.5 Å². The van der Waals surface area contributed by atoms with Gasteiger partial charge in [-0.1, -0.05) is 12.1 Å². The number of rotatable bonds is 9. The first-order chi connectivity index (χ1) is 14.8. The lowest BCUT2D eigenvalue weighted by molar-refractivity contribution is 0.0358. The Morgan fingerprint density at radius 2 is 2.00 bits per heavy atom. The highest BCUT2D eigenvalue weighted by molar-refractivity contribution is 5.80. The van der Waals surface area contributed by atoms with Gasteiger partial charge >= 0.3 is 0 Å². The number of morpholine rings is 1. The third-order valence-corrected chi connectivity index (χ3v) is 5.52. The molecule has 3 aromatic rings. The maximum absolute atomic E-state index is 5.46. The van der Waals surface area contributed by atoms with Crippen molar-refractivity contribution < 1.29 is 9.47 Å². The lowest BCUT2D eigenvalue weighted by atomic mass is 10.1. The van der Waals surface area contributed by atoms with Crippen LogP contribution in [0.5, 0.6) is 5.75 Å². The van der Waals surface area contributed by atoms with Crippen LogP contribution in [0.3, 0.4) is 0 Å². The molecule has 6 nitrogen and oxygen atoms in total. The second kappa shape index (κ2) is 10.5. The van der Waals surface area contributed by atoms with Crippen molar-refractivity contribution in [3.63, 3.8) is 0 Å². The lowest BCUT2D eigenvalue weighted by Crippen LogP contribution is -2.38. The highest BCUT2D eigenvalue weighted by Crippen LogP contribution is 2.20. The van der Waals surface area contributed by atoms with E-state index >= 15 is 0 Å². The Bertz CT molecular complexity index is 929. The number of hydrogen-bond donors (Lipinski definition) is 0. The molecule has 0 amide bonds. The smallest absolute Gasteiger partial charge is 0.119 e. The normalized spacial score (nSPS) is 15.0. The first-order valence-corrected chi connectivity index (χ1v) is 10.7. The summed E-state index contributed by atoms with van der Waals surface area (Å²) in [7, 11) is 1.69. The van der Waals surface area contributed by atoms with Crippen molar-refractivity contribution in [3.05, 3.63) is 66.1 Å². The molecule has 1 fully saturated rings. The first-order valence-electron chi connectivity index (χ1n) is 10.7. The summed E-state index contributed by atoms with van der Waals surface area (Å²) in [6, 6.07) is 14.4. The Labute approximate surface area is 178 Å². The number of pyridine rings is 2. The molecule has 1 aromatic carbocycles. The van der Waals surface area contributed by atoms with Crippen molar-refractivity contribution >= 4 is 10.9 Å². The van der Waals surface area contributed by atoms with E-state index in [-0.39, 0.29) is 0 Å². The molecule has 0 spiro atoms. The Morgan fingerprint density at radius 3 is 2.80 bits per heavy atom. The highest BCUT2D eigenvalue weighted by atomic mass is 16.5. The maximum atomic E-state index is 5.46. The van der Waals surface area contributed by atoms with Crippen LogP contribution in [0.25, 0.3) is 10.9 Å². The largest absolute Gasteiger partial charge is 0.497 e. The number of fused-ring (bicyclic) bond motifs is 1. The van der Waals surface area contributed by atoms with Gasteiger partial charge in [-0.2, -0.15) is 0 Å². The summed E-state index contributed by atoms with van der Waals surface area (Å²) in [6.07, 6.45) is 4.91. The second-order valence-corrected chi connectivity index (χ2v) is 7.74. The fourth-order valence-electron chi connectivity index (χ4n) is 3.90. The van der Waals surface area contributed by atoms with Crippen LogP contribution in [-0.4, -0.2) is 66.3 Å². The van der Waals surface area contributed by atoms with Crippen LogP contribution in [0.2, 0.25) is 0 Å². The van der Waals surface area contributed by atoms with Crippen LogP contribution in [0.15, 0.2) is 54.9 Å². The molecule has 4 rings (SSSR count). The summed E-state index contributed by atoms with van der Waals surface area (Å²) in [4.78, 5) is 14.1. The molecule has 1 aliphatic heterocycles. The molecular formula is C24H30N4O2. The average molecular weight is 407 g/mol. The molecule has 158 valence electrons. The van der Waals surface area contributed by atoms with Gasteiger partial charge in [0.25, 0.3) is 0 Å². The van der Waals surface area contributed by atoms with Crippen molar-refractivity contribution in [1.29, 1.82) is 0 Å². The standard InChI is InChI=1S/C24H30N4O2/c1-29-23-7-8-24-21(16-23)5-6-22(26-24)19-28(18-20-4-2-9-25-17-20)11-3-10-27-12-14-30-15-13-27/h2,4-9,16-17H,3,10-15,18-19H2,1H3. The summed E-state index contributed by atoms with van der Waals surface area (Å²) in [6.45, 7) is 7.61. The summed E-state index contributed by atoms with van der Waals surface area (Å²) < 4.78 is 10.8. The fourth-order valence-corrected chi connectivity index (χ4v) is 3.90. The van der Waals surface area contributed by atoms with Crippen molar-refractivity contribution in [2.75, 3.05) is 46.5 Å². The Hall–Kier alpha value is -2.54. The summed E-state index contributed by atoms with van der Waals surface area (Å²) in [5, 5.41) is 1.10. The minimum Gasteiger partial charge on any atom is -0.497 e. The minimum atomic E-state index is 0.819. The summed E-state index contributed by atoms with van der Waals surface area (Å²) in [5.41, 5.74) is 3.32. The van der Waals surface area contributed by atoms with E-state index < -0.39 is 0 Å². The predicted octanol–water partition coefficient (Wildman–Crippen LogP) is 3.36. The molecular weight excluding hydrogens is 376 g/mol. The van der Waals surface area contributed by atoms with Crippen LogP contribution < -0.4 is 4.74 Å². The zero-order valence-corrected chi connectivity index (χ0v) is 17.7. The van der Waals surface area contributed by atoms with Crippen LogP contribution in [0.1, 0.15) is 17.7 Å². The molecule has 1 aliphatic rings. The summed E-state index contributed by atoms with van der Waals surface area (Å²) >= 11 is 0. The van der Waals surface area contributed by atoms with Gasteiger partial charge in [0.15, 0.2) is 0 Å². The number of aromatic nitrogens is 2. The molecule has 2 aromatic heterocycles. The number of ether oxygens (including phenoxy) is 2. The molecule has 6 heteroatoms. The molecule has 0 radical (unpaired) electrons. The zero-order chi connectivity index (χ0) is 20.6. The number of hydrogen-bond acceptors (Lipinski definition) is 6. The zero-order valence-electron chi connectivity index (χ0n) is 17.7. The van der Waals surface area contributed by atoms with Gasteiger partial charge in [0.2, 0.25) is 0 Å². The molecule has 0 bridgehead atoms. The van der Waals surface area contributed by atoms with E-state index in [9.17, 15) is 0 Å². The van der Waals surface area contributed by atoms with Crippen LogP contribution >= 0.6 is 0 Å². The molecule has 1 saturated heterocycles. The van der Waals surface area contributed by atoms with Crippen LogP contribution in [0, 0.1) is 0 Å². The van der Waals surface area contributed by atoms with Gasteiger partial charge < -0.3 is 9.47 Å². The SMILES string of the molecule is COc1ccc2nc(CN(CCCN3CCOCC3)Cc3cccnc3)ccc2c1. The molecule has 30 heavy (non-hydrogen) atoms. The van der Waals surface area contributed by atoms with E-state index in [0.717, 1.165) is 81.2 Å². The maximum Gasteiger partial charge on any atom is 0.119 e. The quantitative estimate of drug-likeness (QED) is 0.543. The molecule has 0 aliphatic carbocycles. The second-order valence-electron chi connectivity index (χ2n) is 7.74. The number of benzene rings is 1. The van der Waals surface area contributed by atoms with E-state index in [1.165, 1.54) is 5.56 Å². The molecule has 0 atom stereocenters. The van der Waals surface area contributed by atoms with Crippen molar-refractivity contribution in [2.24, 2.45) is 0 Å². The monoisotopic (exact) mass is 406 g/mol. The Morgan fingerprint density at radius 1 is 1.10 bits per heavy atom. The molecule has 0 saturated carbocycles. The van der Waals surface area contributed by atoms with Gasteiger partial charge in [0.1, 0.15) is 5.75 Å². The molecule has 0 N–H and O–H groups in total. The average Bonchev–Trinajstić information content (AvgIpc) is 2.80. The minimum absolute atomic E-state index is 0.819. The third-order valence-electron chi connectivity index (χ3n) is 5.52. The topological polar surface area (TPSA) is 50.7 Å². The summed E-state index contributed by atoms with van der Waals surface area (Å²) in [5.74, 6) is 0.860. The van der Waals surface area contributed by atoms with Gasteiger partial charge in [0.05, 0.1) is 31.5 Å². The fraction of sp³-hybridized carbons (Fsp3) is 0.417. The van der Waals surface area contributed by atoms with Crippen molar-refractivity contribution in [2.45, 2.75) is 19.5 Å². The number of methoxy groups -OCH3 is 1. The van der Waals surface area contributed by atoms with E-state index in [1.54, 1.807) is 7.11 Å². The van der Waals surface area contributed by atoms with Gasteiger partial charge in [-0.25, -0.2) is 0 Å². The van der Waals surface area contributed by atoms with Crippen molar-refractivity contribution in [3.8, 4) is 5.75 Å². The van der Waals surface area contributed by atoms with Crippen molar-refractivity contribution in [1.82, 2.24) is 19.8 Å². The Kier molecular flexibility index (Phi) is 7.24. The van der Waals surface area contributed by atoms with Gasteiger partial charge in [-0.3, -0.25) is 19.8 Å². The predicted molar refractivity (Wildman–Crippen MR) is 119 cm³/mol. The van der Waals surface area contributed by atoms with E-state index in [1.807, 2.05) is 36.7 Å². The highest BCUT2D eigenvalue weighted by Gasteiger charge is 2.13. The van der Waals surface area contributed by atoms with E-state index in [0.29, 0.717) is 0 Å². The molecule has 0 unspecified atom stereocenters. The van der Waals surface area contributed by atoms with Crippen LogP contribution in [0.4, 0.5) is 0 Å². The number of nitrogens with zero attached hydrogens (tertiary/aromatic N) is 4. The van der Waals surface area contributed by atoms with E-state index in [2.05, 4.69) is 33.0 Å². The lowest BCUT2D eigenvalue weighted by Gasteiger charge is -2.28. The Balaban J connectivity index is 1.43. The van der Waals surface area contributed by atoms with Gasteiger partial charge in [0, 0.05) is 50.5 Å². The third kappa shape index (κ3) is 5.75. The molecule has 3 heterocycles. The van der Waals surface area contributed by atoms with Gasteiger partial charge in [-0.05, 0) is 48.9 Å². The first kappa shape index (κ1) is 20.7. The van der Waals surface area contributed by atoms with Crippen LogP contribution in [-0.2, 0) is 17.8 Å². The van der Waals surface area contributed by atoms with Gasteiger partial charge in [-0.15, -0.1) is 0 Å².